The van der Waals surface area contributed by atoms with E-state index in [-0.39, 0.29) is 17.8 Å². The molecule has 0 radical (unpaired) electrons. The second-order valence-electron chi connectivity index (χ2n) is 7.74. The minimum absolute atomic E-state index is 0.122. The zero-order valence-electron chi connectivity index (χ0n) is 17.3. The largest absolute Gasteiger partial charge is 0.481 e. The third kappa shape index (κ3) is 4.86. The predicted molar refractivity (Wildman–Crippen MR) is 124 cm³/mol. The molecule has 0 spiro atoms. The Balaban J connectivity index is 1.28. The average molecular weight is 494 g/mol. The first-order valence-corrected chi connectivity index (χ1v) is 12.9. The van der Waals surface area contributed by atoms with Crippen LogP contribution in [-0.2, 0) is 16.0 Å². The number of aromatic nitrogens is 2. The van der Waals surface area contributed by atoms with Gasteiger partial charge in [-0.05, 0) is 18.9 Å². The number of benzene rings is 1. The lowest BCUT2D eigenvalue weighted by Crippen LogP contribution is -2.74. The van der Waals surface area contributed by atoms with E-state index in [1.165, 1.54) is 34.9 Å². The molecule has 2 aliphatic heterocycles. The number of fused-ring (bicyclic) bond motifs is 1. The van der Waals surface area contributed by atoms with Gasteiger partial charge in [-0.15, -0.1) is 22.0 Å². The SMILES string of the molecule is Cc1nnc(SCC2(C(=O)O)CS[C@@H]3C(NC(=O)NCCc4ccccc4)C(=O)N3C2)s1. The van der Waals surface area contributed by atoms with Crippen molar-refractivity contribution in [2.24, 2.45) is 5.41 Å². The monoisotopic (exact) mass is 493 g/mol. The molecular weight excluding hydrogens is 470 g/mol. The molecule has 170 valence electrons. The number of carbonyl (C=O) groups excluding carboxylic acids is 2. The molecule has 0 saturated carbocycles. The molecule has 3 amide bonds. The quantitative estimate of drug-likeness (QED) is 0.376. The molecule has 2 saturated heterocycles. The number of hydrogen-bond acceptors (Lipinski definition) is 8. The molecule has 12 heteroatoms. The van der Waals surface area contributed by atoms with E-state index in [0.717, 1.165) is 14.9 Å². The molecule has 2 unspecified atom stereocenters. The fraction of sp³-hybridized carbons (Fsp3) is 0.450. The predicted octanol–water partition coefficient (Wildman–Crippen LogP) is 1.84. The van der Waals surface area contributed by atoms with Crippen molar-refractivity contribution in [2.75, 3.05) is 24.6 Å². The number of thioether (sulfide) groups is 2. The number of urea groups is 1. The van der Waals surface area contributed by atoms with Crippen LogP contribution in [0.5, 0.6) is 0 Å². The van der Waals surface area contributed by atoms with Crippen LogP contribution in [0, 0.1) is 12.3 Å². The van der Waals surface area contributed by atoms with E-state index in [0.29, 0.717) is 24.5 Å². The van der Waals surface area contributed by atoms with Crippen LogP contribution < -0.4 is 10.6 Å². The van der Waals surface area contributed by atoms with Gasteiger partial charge in [-0.2, -0.15) is 0 Å². The summed E-state index contributed by atoms with van der Waals surface area (Å²) in [4.78, 5) is 38.6. The Morgan fingerprint density at radius 3 is 2.78 bits per heavy atom. The normalized spacial score (nSPS) is 24.4. The molecule has 4 rings (SSSR count). The Hall–Kier alpha value is -2.31. The van der Waals surface area contributed by atoms with Gasteiger partial charge in [-0.25, -0.2) is 4.79 Å². The molecule has 2 aliphatic rings. The third-order valence-corrected chi connectivity index (χ3v) is 9.26. The topological polar surface area (TPSA) is 125 Å². The number of hydrogen-bond donors (Lipinski definition) is 3. The van der Waals surface area contributed by atoms with Gasteiger partial charge in [0.15, 0.2) is 4.34 Å². The number of carboxylic acids is 1. The van der Waals surface area contributed by atoms with Crippen molar-refractivity contribution >= 4 is 52.8 Å². The molecule has 9 nitrogen and oxygen atoms in total. The fourth-order valence-electron chi connectivity index (χ4n) is 3.60. The number of aryl methyl sites for hydroxylation is 1. The lowest BCUT2D eigenvalue weighted by atomic mass is 9.89. The van der Waals surface area contributed by atoms with Gasteiger partial charge in [0.05, 0.1) is 0 Å². The standard InChI is InChI=1S/C20H23N5O4S3/c1-12-23-24-19(32-12)31-11-20(17(27)28)9-25-15(26)14(16(25)30-10-20)22-18(29)21-8-7-13-5-3-2-4-6-13/h2-6,14,16H,7-11H2,1H3,(H,27,28)(H2,21,22,29)/t14?,16-,20?/m1/s1. The first-order chi connectivity index (χ1) is 15.4. The van der Waals surface area contributed by atoms with E-state index in [2.05, 4.69) is 20.8 Å². The maximum absolute atomic E-state index is 12.7. The Kier molecular flexibility index (Phi) is 6.91. The molecule has 2 fully saturated rings. The number of carboxylic acid groups (broad SMARTS) is 1. The third-order valence-electron chi connectivity index (χ3n) is 5.41. The van der Waals surface area contributed by atoms with Crippen LogP contribution in [-0.4, -0.2) is 74.1 Å². The Morgan fingerprint density at radius 2 is 2.09 bits per heavy atom. The van der Waals surface area contributed by atoms with E-state index >= 15 is 0 Å². The summed E-state index contributed by atoms with van der Waals surface area (Å²) in [6, 6.07) is 8.78. The summed E-state index contributed by atoms with van der Waals surface area (Å²) < 4.78 is 0.719. The van der Waals surface area contributed by atoms with E-state index in [9.17, 15) is 19.5 Å². The smallest absolute Gasteiger partial charge is 0.315 e. The lowest BCUT2D eigenvalue weighted by Gasteiger charge is -2.53. The van der Waals surface area contributed by atoms with Crippen molar-refractivity contribution in [1.82, 2.24) is 25.7 Å². The molecule has 1 aromatic carbocycles. The number of amides is 3. The zero-order valence-corrected chi connectivity index (χ0v) is 19.8. The fourth-order valence-corrected chi connectivity index (χ4v) is 7.28. The Labute approximate surface area is 197 Å². The number of carbonyl (C=O) groups is 3. The van der Waals surface area contributed by atoms with Gasteiger partial charge in [0.25, 0.3) is 0 Å². The summed E-state index contributed by atoms with van der Waals surface area (Å²) >= 11 is 4.17. The van der Waals surface area contributed by atoms with Crippen LogP contribution >= 0.6 is 34.9 Å². The zero-order chi connectivity index (χ0) is 22.7. The highest BCUT2D eigenvalue weighted by molar-refractivity contribution is 8.01. The lowest BCUT2D eigenvalue weighted by molar-refractivity contribution is -0.156. The van der Waals surface area contributed by atoms with Crippen LogP contribution in [0.1, 0.15) is 10.6 Å². The van der Waals surface area contributed by atoms with Gasteiger partial charge >= 0.3 is 12.0 Å². The Morgan fingerprint density at radius 1 is 1.31 bits per heavy atom. The molecule has 3 atom stereocenters. The molecule has 1 aromatic heterocycles. The molecule has 32 heavy (non-hydrogen) atoms. The number of nitrogens with one attached hydrogen (secondary N) is 2. The van der Waals surface area contributed by atoms with Crippen molar-refractivity contribution in [3.05, 3.63) is 40.9 Å². The maximum atomic E-state index is 12.7. The van der Waals surface area contributed by atoms with Crippen LogP contribution in [0.3, 0.4) is 0 Å². The summed E-state index contributed by atoms with van der Waals surface area (Å²) in [5.74, 6) is -0.517. The van der Waals surface area contributed by atoms with Crippen LogP contribution in [0.25, 0.3) is 0 Å². The highest BCUT2D eigenvalue weighted by Crippen LogP contribution is 2.44. The van der Waals surface area contributed by atoms with Gasteiger partial charge in [0.1, 0.15) is 21.8 Å². The second-order valence-corrected chi connectivity index (χ2v) is 11.3. The van der Waals surface area contributed by atoms with Crippen molar-refractivity contribution in [3.63, 3.8) is 0 Å². The number of nitrogens with zero attached hydrogens (tertiary/aromatic N) is 3. The summed E-state index contributed by atoms with van der Waals surface area (Å²) in [6.07, 6.45) is 0.699. The van der Waals surface area contributed by atoms with Crippen LogP contribution in [0.4, 0.5) is 4.79 Å². The molecule has 3 N–H and O–H groups in total. The maximum Gasteiger partial charge on any atom is 0.315 e. The van der Waals surface area contributed by atoms with E-state index in [1.54, 1.807) is 4.90 Å². The number of β-lactam (4-membered cyclic amide) rings is 1. The van der Waals surface area contributed by atoms with E-state index < -0.39 is 23.5 Å². The van der Waals surface area contributed by atoms with Crippen molar-refractivity contribution in [3.8, 4) is 0 Å². The summed E-state index contributed by atoms with van der Waals surface area (Å²) in [7, 11) is 0. The number of aliphatic carboxylic acids is 1. The second kappa shape index (κ2) is 9.67. The van der Waals surface area contributed by atoms with Crippen molar-refractivity contribution in [1.29, 1.82) is 0 Å². The van der Waals surface area contributed by atoms with Crippen LogP contribution in [0.2, 0.25) is 0 Å². The summed E-state index contributed by atoms with van der Waals surface area (Å²) in [5, 5.41) is 24.0. The molecular formula is C20H23N5O4S3. The first kappa shape index (κ1) is 22.9. The molecule has 3 heterocycles. The van der Waals surface area contributed by atoms with Crippen LogP contribution in [0.15, 0.2) is 34.7 Å². The Bertz CT molecular complexity index is 1000. The minimum Gasteiger partial charge on any atom is -0.481 e. The van der Waals surface area contributed by atoms with E-state index in [1.807, 2.05) is 37.3 Å². The molecule has 0 bridgehead atoms. The molecule has 0 aliphatic carbocycles. The minimum atomic E-state index is -1.07. The van der Waals surface area contributed by atoms with Crippen molar-refractivity contribution in [2.45, 2.75) is 29.1 Å². The van der Waals surface area contributed by atoms with Gasteiger partial charge in [-0.3, -0.25) is 9.59 Å². The highest BCUT2D eigenvalue weighted by Gasteiger charge is 2.57. The first-order valence-electron chi connectivity index (χ1n) is 10.0. The summed E-state index contributed by atoms with van der Waals surface area (Å²) in [6.45, 7) is 2.43. The highest BCUT2D eigenvalue weighted by atomic mass is 32.2. The van der Waals surface area contributed by atoms with Gasteiger partial charge in [-0.1, -0.05) is 53.4 Å². The van der Waals surface area contributed by atoms with Crippen molar-refractivity contribution < 1.29 is 19.5 Å². The van der Waals surface area contributed by atoms with Gasteiger partial charge in [0.2, 0.25) is 5.91 Å². The number of rotatable bonds is 8. The average Bonchev–Trinajstić information content (AvgIpc) is 3.21. The van der Waals surface area contributed by atoms with Gasteiger partial charge in [0, 0.05) is 24.6 Å². The summed E-state index contributed by atoms with van der Waals surface area (Å²) in [5.41, 5.74) is 0.0531. The van der Waals surface area contributed by atoms with E-state index in [4.69, 9.17) is 0 Å². The molecule has 2 aromatic rings. The van der Waals surface area contributed by atoms with Gasteiger partial charge < -0.3 is 20.6 Å².